The normalized spacial score (nSPS) is 12.4. The summed E-state index contributed by atoms with van der Waals surface area (Å²) < 4.78 is 25.3. The summed E-state index contributed by atoms with van der Waals surface area (Å²) in [5.41, 5.74) is 0. The lowest BCUT2D eigenvalue weighted by molar-refractivity contribution is 0.111. The third kappa shape index (κ3) is 6.18. The van der Waals surface area contributed by atoms with Crippen LogP contribution in [0.15, 0.2) is 25.3 Å². The standard InChI is InChI=1S/C12H24NO3P/c1-7-9-13(10-8-2)17(14,15-11(3)4)16-12(5)6/h7-8,11-12H,1-2,9-10H2,3-6H3. The summed E-state index contributed by atoms with van der Waals surface area (Å²) in [5, 5.41) is 0. The minimum atomic E-state index is -3.28. The number of rotatable bonds is 9. The largest absolute Gasteiger partial charge is 0.409 e. The van der Waals surface area contributed by atoms with Gasteiger partial charge in [-0.15, -0.1) is 13.2 Å². The monoisotopic (exact) mass is 261 g/mol. The average Bonchev–Trinajstić information content (AvgIpc) is 2.14. The smallest absolute Gasteiger partial charge is 0.294 e. The summed E-state index contributed by atoms with van der Waals surface area (Å²) in [7, 11) is -3.28. The van der Waals surface area contributed by atoms with E-state index in [1.807, 2.05) is 27.7 Å². The van der Waals surface area contributed by atoms with Crippen LogP contribution < -0.4 is 0 Å². The highest BCUT2D eigenvalue weighted by Gasteiger charge is 2.34. The van der Waals surface area contributed by atoms with Crippen LogP contribution in [0.2, 0.25) is 0 Å². The molecule has 0 aliphatic rings. The van der Waals surface area contributed by atoms with Gasteiger partial charge in [0.1, 0.15) is 0 Å². The Labute approximate surface area is 105 Å². The molecule has 4 nitrogen and oxygen atoms in total. The topological polar surface area (TPSA) is 38.8 Å². The first-order valence-corrected chi connectivity index (χ1v) is 7.29. The molecule has 0 atom stereocenters. The maximum atomic E-state index is 12.7. The van der Waals surface area contributed by atoms with Crippen LogP contribution in [0.3, 0.4) is 0 Å². The molecule has 0 aromatic heterocycles. The van der Waals surface area contributed by atoms with E-state index in [4.69, 9.17) is 9.05 Å². The van der Waals surface area contributed by atoms with Crippen LogP contribution in [0.5, 0.6) is 0 Å². The molecular weight excluding hydrogens is 237 g/mol. The van der Waals surface area contributed by atoms with Crippen molar-refractivity contribution in [3.05, 3.63) is 25.3 Å². The van der Waals surface area contributed by atoms with E-state index in [2.05, 4.69) is 13.2 Å². The molecule has 0 N–H and O–H groups in total. The van der Waals surface area contributed by atoms with Gasteiger partial charge in [0, 0.05) is 13.1 Å². The predicted molar refractivity (Wildman–Crippen MR) is 72.0 cm³/mol. The van der Waals surface area contributed by atoms with Crippen LogP contribution in [0, 0.1) is 0 Å². The minimum Gasteiger partial charge on any atom is -0.294 e. The van der Waals surface area contributed by atoms with Gasteiger partial charge in [-0.05, 0) is 27.7 Å². The SMILES string of the molecule is C=CCN(CC=C)P(=O)(OC(C)C)OC(C)C. The third-order valence-electron chi connectivity index (χ3n) is 1.71. The molecular formula is C12H24NO3P. The predicted octanol–water partition coefficient (Wildman–Crippen LogP) is 3.62. The Morgan fingerprint density at radius 1 is 1.06 bits per heavy atom. The van der Waals surface area contributed by atoms with Crippen molar-refractivity contribution >= 4 is 7.75 Å². The molecule has 0 radical (unpaired) electrons. The Kier molecular flexibility index (Phi) is 7.64. The lowest BCUT2D eigenvalue weighted by atomic mass is 10.5. The second-order valence-electron chi connectivity index (χ2n) is 4.23. The molecule has 0 saturated carbocycles. The number of nitrogens with zero attached hydrogens (tertiary/aromatic N) is 1. The van der Waals surface area contributed by atoms with Gasteiger partial charge in [-0.3, -0.25) is 9.05 Å². The zero-order chi connectivity index (χ0) is 13.5. The Morgan fingerprint density at radius 3 is 1.65 bits per heavy atom. The molecule has 0 aromatic carbocycles. The van der Waals surface area contributed by atoms with Crippen molar-refractivity contribution in [1.29, 1.82) is 0 Å². The van der Waals surface area contributed by atoms with Gasteiger partial charge in [0.05, 0.1) is 12.2 Å². The summed E-state index contributed by atoms with van der Waals surface area (Å²) in [6, 6.07) is 0. The van der Waals surface area contributed by atoms with E-state index in [-0.39, 0.29) is 12.2 Å². The van der Waals surface area contributed by atoms with Crippen molar-refractivity contribution in [1.82, 2.24) is 4.67 Å². The fourth-order valence-electron chi connectivity index (χ4n) is 1.26. The fraction of sp³-hybridized carbons (Fsp3) is 0.667. The molecule has 0 aromatic rings. The Bertz CT molecular complexity index is 265. The maximum absolute atomic E-state index is 12.7. The summed E-state index contributed by atoms with van der Waals surface area (Å²) in [4.78, 5) is 0. The van der Waals surface area contributed by atoms with Crippen LogP contribution in [-0.4, -0.2) is 30.0 Å². The molecule has 0 aliphatic heterocycles. The first kappa shape index (κ1) is 16.6. The molecule has 0 fully saturated rings. The van der Waals surface area contributed by atoms with Crippen molar-refractivity contribution in [2.45, 2.75) is 39.9 Å². The first-order chi connectivity index (χ1) is 7.85. The summed E-state index contributed by atoms with van der Waals surface area (Å²) in [5.74, 6) is 0. The number of hydrogen-bond acceptors (Lipinski definition) is 3. The van der Waals surface area contributed by atoms with E-state index >= 15 is 0 Å². The number of hydrogen-bond donors (Lipinski definition) is 0. The second-order valence-corrected chi connectivity index (χ2v) is 6.15. The molecule has 0 aliphatic carbocycles. The van der Waals surface area contributed by atoms with Crippen molar-refractivity contribution in [2.24, 2.45) is 0 Å². The molecule has 0 rings (SSSR count). The highest BCUT2D eigenvalue weighted by Crippen LogP contribution is 2.53. The Morgan fingerprint density at radius 2 is 1.41 bits per heavy atom. The van der Waals surface area contributed by atoms with E-state index in [0.717, 1.165) is 0 Å². The quantitative estimate of drug-likeness (QED) is 0.469. The molecule has 0 unspecified atom stereocenters. The Balaban J connectivity index is 5.00. The van der Waals surface area contributed by atoms with Crippen molar-refractivity contribution < 1.29 is 13.6 Å². The zero-order valence-electron chi connectivity index (χ0n) is 11.3. The van der Waals surface area contributed by atoms with Crippen LogP contribution in [0.25, 0.3) is 0 Å². The van der Waals surface area contributed by atoms with E-state index in [9.17, 15) is 4.57 Å². The van der Waals surface area contributed by atoms with Gasteiger partial charge >= 0.3 is 7.75 Å². The maximum Gasteiger partial charge on any atom is 0.409 e. The van der Waals surface area contributed by atoms with E-state index in [0.29, 0.717) is 13.1 Å². The molecule has 0 saturated heterocycles. The molecule has 17 heavy (non-hydrogen) atoms. The molecule has 5 heteroatoms. The lowest BCUT2D eigenvalue weighted by Gasteiger charge is -2.31. The van der Waals surface area contributed by atoms with Crippen LogP contribution in [0.4, 0.5) is 0 Å². The first-order valence-electron chi connectivity index (χ1n) is 5.79. The molecule has 100 valence electrons. The van der Waals surface area contributed by atoms with Gasteiger partial charge in [-0.25, -0.2) is 9.24 Å². The summed E-state index contributed by atoms with van der Waals surface area (Å²) >= 11 is 0. The summed E-state index contributed by atoms with van der Waals surface area (Å²) in [6.07, 6.45) is 3.00. The van der Waals surface area contributed by atoms with Crippen LogP contribution in [0.1, 0.15) is 27.7 Å². The van der Waals surface area contributed by atoms with Crippen molar-refractivity contribution in [2.75, 3.05) is 13.1 Å². The lowest BCUT2D eigenvalue weighted by Crippen LogP contribution is -2.26. The molecule has 0 bridgehead atoms. The van der Waals surface area contributed by atoms with Gasteiger partial charge < -0.3 is 0 Å². The average molecular weight is 261 g/mol. The van der Waals surface area contributed by atoms with Gasteiger partial charge in [0.2, 0.25) is 0 Å². The van der Waals surface area contributed by atoms with Crippen LogP contribution in [-0.2, 0) is 13.6 Å². The minimum absolute atomic E-state index is 0.170. The second kappa shape index (κ2) is 7.83. The van der Waals surface area contributed by atoms with E-state index in [1.165, 1.54) is 0 Å². The summed E-state index contributed by atoms with van der Waals surface area (Å²) in [6.45, 7) is 15.5. The third-order valence-corrected chi connectivity index (χ3v) is 4.11. The highest BCUT2D eigenvalue weighted by atomic mass is 31.2. The van der Waals surface area contributed by atoms with Crippen molar-refractivity contribution in [3.8, 4) is 0 Å². The van der Waals surface area contributed by atoms with E-state index < -0.39 is 7.75 Å². The zero-order valence-corrected chi connectivity index (χ0v) is 12.2. The van der Waals surface area contributed by atoms with Gasteiger partial charge in [0.15, 0.2) is 0 Å². The van der Waals surface area contributed by atoms with Gasteiger partial charge in [-0.2, -0.15) is 0 Å². The Hall–Kier alpha value is -0.410. The fourth-order valence-corrected chi connectivity index (χ4v) is 3.28. The van der Waals surface area contributed by atoms with Crippen LogP contribution >= 0.6 is 7.75 Å². The van der Waals surface area contributed by atoms with Gasteiger partial charge in [-0.1, -0.05) is 12.2 Å². The molecule has 0 amide bonds. The van der Waals surface area contributed by atoms with Crippen molar-refractivity contribution in [3.63, 3.8) is 0 Å². The van der Waals surface area contributed by atoms with Gasteiger partial charge in [0.25, 0.3) is 0 Å². The van der Waals surface area contributed by atoms with E-state index in [1.54, 1.807) is 16.8 Å². The molecule has 0 heterocycles. The molecule has 0 spiro atoms. The highest BCUT2D eigenvalue weighted by molar-refractivity contribution is 7.51.